The van der Waals surface area contributed by atoms with Gasteiger partial charge in [-0.05, 0) is 18.4 Å². The Bertz CT molecular complexity index is 730. The molecule has 1 aliphatic carbocycles. The van der Waals surface area contributed by atoms with Crippen molar-refractivity contribution in [1.82, 2.24) is 14.8 Å². The molecule has 0 radical (unpaired) electrons. The molecule has 0 amide bonds. The van der Waals surface area contributed by atoms with E-state index in [1.165, 1.54) is 32.1 Å². The third kappa shape index (κ3) is 4.54. The van der Waals surface area contributed by atoms with Crippen LogP contribution in [0, 0.1) is 5.92 Å². The molecule has 1 saturated carbocycles. The SMILES string of the molecule is COc1cc(-c2nc(N)nn2CCC2CCCCC2)c(OC)cc1Cl.Cl. The minimum Gasteiger partial charge on any atom is -0.496 e. The van der Waals surface area contributed by atoms with Gasteiger partial charge in [-0.3, -0.25) is 0 Å². The van der Waals surface area contributed by atoms with Crippen LogP contribution < -0.4 is 15.2 Å². The number of methoxy groups -OCH3 is 2. The second-order valence-electron chi connectivity index (χ2n) is 6.50. The van der Waals surface area contributed by atoms with E-state index in [1.54, 1.807) is 20.3 Å². The van der Waals surface area contributed by atoms with Crippen molar-refractivity contribution in [2.45, 2.75) is 45.1 Å². The molecule has 0 unspecified atom stereocenters. The summed E-state index contributed by atoms with van der Waals surface area (Å²) in [6.45, 7) is 0.790. The quantitative estimate of drug-likeness (QED) is 0.766. The van der Waals surface area contributed by atoms with Gasteiger partial charge in [0.1, 0.15) is 11.5 Å². The number of benzene rings is 1. The molecular weight excluding hydrogens is 375 g/mol. The summed E-state index contributed by atoms with van der Waals surface area (Å²) in [7, 11) is 3.19. The van der Waals surface area contributed by atoms with E-state index < -0.39 is 0 Å². The molecule has 1 fully saturated rings. The highest BCUT2D eigenvalue weighted by molar-refractivity contribution is 6.32. The van der Waals surface area contributed by atoms with Crippen LogP contribution in [-0.2, 0) is 6.54 Å². The molecule has 0 saturated heterocycles. The summed E-state index contributed by atoms with van der Waals surface area (Å²) in [4.78, 5) is 4.41. The van der Waals surface area contributed by atoms with Crippen LogP contribution in [0.3, 0.4) is 0 Å². The summed E-state index contributed by atoms with van der Waals surface area (Å²) in [6, 6.07) is 3.55. The summed E-state index contributed by atoms with van der Waals surface area (Å²) in [5.74, 6) is 2.89. The lowest BCUT2D eigenvalue weighted by molar-refractivity contribution is 0.319. The molecule has 1 heterocycles. The minimum absolute atomic E-state index is 0. The second kappa shape index (κ2) is 9.33. The van der Waals surface area contributed by atoms with Crippen molar-refractivity contribution in [3.63, 3.8) is 0 Å². The number of anilines is 1. The number of hydrogen-bond donors (Lipinski definition) is 1. The van der Waals surface area contributed by atoms with Gasteiger partial charge in [-0.25, -0.2) is 4.68 Å². The third-order valence-corrected chi connectivity index (χ3v) is 5.17. The van der Waals surface area contributed by atoms with Crippen LogP contribution >= 0.6 is 24.0 Å². The van der Waals surface area contributed by atoms with E-state index in [0.717, 1.165) is 24.4 Å². The Hall–Kier alpha value is -1.66. The largest absolute Gasteiger partial charge is 0.496 e. The van der Waals surface area contributed by atoms with Gasteiger partial charge in [0.15, 0.2) is 5.82 Å². The average Bonchev–Trinajstić information content (AvgIpc) is 3.01. The molecule has 6 nitrogen and oxygen atoms in total. The van der Waals surface area contributed by atoms with Crippen LogP contribution in [0.4, 0.5) is 5.95 Å². The summed E-state index contributed by atoms with van der Waals surface area (Å²) in [6.07, 6.45) is 7.72. The second-order valence-corrected chi connectivity index (χ2v) is 6.90. The predicted octanol–water partition coefficient (Wildman–Crippen LogP) is 4.59. The molecule has 26 heavy (non-hydrogen) atoms. The van der Waals surface area contributed by atoms with Crippen LogP contribution in [0.1, 0.15) is 38.5 Å². The standard InChI is InChI=1S/C18H25ClN4O2.ClH/c1-24-15-11-14(19)16(25-2)10-13(15)17-21-18(20)22-23(17)9-8-12-6-4-3-5-7-12;/h10-12H,3-9H2,1-2H3,(H2,20,22);1H. The van der Waals surface area contributed by atoms with Gasteiger partial charge in [-0.15, -0.1) is 17.5 Å². The van der Waals surface area contributed by atoms with Crippen molar-refractivity contribution in [2.75, 3.05) is 20.0 Å². The zero-order valence-electron chi connectivity index (χ0n) is 15.2. The topological polar surface area (TPSA) is 75.2 Å². The molecule has 0 aliphatic heterocycles. The van der Waals surface area contributed by atoms with Gasteiger partial charge < -0.3 is 15.2 Å². The van der Waals surface area contributed by atoms with Crippen molar-refractivity contribution in [2.24, 2.45) is 5.92 Å². The number of nitrogens with zero attached hydrogens (tertiary/aromatic N) is 3. The predicted molar refractivity (Wildman–Crippen MR) is 106 cm³/mol. The van der Waals surface area contributed by atoms with E-state index in [2.05, 4.69) is 10.1 Å². The monoisotopic (exact) mass is 400 g/mol. The number of halogens is 2. The molecule has 0 bridgehead atoms. The lowest BCUT2D eigenvalue weighted by Gasteiger charge is -2.21. The number of aryl methyl sites for hydroxylation is 1. The first kappa shape index (κ1) is 20.6. The molecule has 144 valence electrons. The fraction of sp³-hybridized carbons (Fsp3) is 0.556. The van der Waals surface area contributed by atoms with Gasteiger partial charge in [-0.2, -0.15) is 4.98 Å². The molecular formula is C18H26Cl2N4O2. The Balaban J connectivity index is 0.00000243. The maximum Gasteiger partial charge on any atom is 0.240 e. The van der Waals surface area contributed by atoms with Crippen molar-refractivity contribution >= 4 is 30.0 Å². The van der Waals surface area contributed by atoms with Gasteiger partial charge in [0, 0.05) is 12.6 Å². The van der Waals surface area contributed by atoms with E-state index in [-0.39, 0.29) is 18.4 Å². The first-order valence-electron chi connectivity index (χ1n) is 8.74. The number of rotatable bonds is 6. The van der Waals surface area contributed by atoms with E-state index in [4.69, 9.17) is 26.8 Å². The molecule has 1 aromatic carbocycles. The van der Waals surface area contributed by atoms with Crippen LogP contribution in [0.25, 0.3) is 11.4 Å². The van der Waals surface area contributed by atoms with Gasteiger partial charge in [-0.1, -0.05) is 43.7 Å². The first-order valence-corrected chi connectivity index (χ1v) is 9.12. The van der Waals surface area contributed by atoms with Crippen molar-refractivity contribution in [1.29, 1.82) is 0 Å². The number of aromatic nitrogens is 3. The van der Waals surface area contributed by atoms with Gasteiger partial charge in [0.2, 0.25) is 5.95 Å². The molecule has 3 rings (SSSR count). The molecule has 2 N–H and O–H groups in total. The average molecular weight is 401 g/mol. The molecule has 0 atom stereocenters. The van der Waals surface area contributed by atoms with Crippen LogP contribution in [0.15, 0.2) is 12.1 Å². The van der Waals surface area contributed by atoms with Crippen LogP contribution in [-0.4, -0.2) is 29.0 Å². The number of ether oxygens (including phenoxy) is 2. The van der Waals surface area contributed by atoms with E-state index in [0.29, 0.717) is 22.3 Å². The lowest BCUT2D eigenvalue weighted by atomic mass is 9.87. The van der Waals surface area contributed by atoms with Crippen molar-refractivity contribution in [3.05, 3.63) is 17.2 Å². The highest BCUT2D eigenvalue weighted by Crippen LogP contribution is 2.38. The fourth-order valence-electron chi connectivity index (χ4n) is 3.53. The van der Waals surface area contributed by atoms with Crippen LogP contribution in [0.2, 0.25) is 5.02 Å². The Kier molecular flexibility index (Phi) is 7.41. The maximum absolute atomic E-state index is 6.20. The zero-order valence-corrected chi connectivity index (χ0v) is 16.8. The third-order valence-electron chi connectivity index (χ3n) is 4.88. The molecule has 1 aromatic heterocycles. The van der Waals surface area contributed by atoms with Gasteiger partial charge in [0.05, 0.1) is 24.8 Å². The van der Waals surface area contributed by atoms with Gasteiger partial charge >= 0.3 is 0 Å². The zero-order chi connectivity index (χ0) is 17.8. The summed E-state index contributed by atoms with van der Waals surface area (Å²) in [5, 5.41) is 4.87. The Morgan fingerprint density at radius 2 is 1.85 bits per heavy atom. The van der Waals surface area contributed by atoms with E-state index >= 15 is 0 Å². The van der Waals surface area contributed by atoms with Gasteiger partial charge in [0.25, 0.3) is 0 Å². The van der Waals surface area contributed by atoms with Crippen LogP contribution in [0.5, 0.6) is 11.5 Å². The summed E-state index contributed by atoms with van der Waals surface area (Å²) >= 11 is 6.20. The fourth-order valence-corrected chi connectivity index (χ4v) is 3.76. The normalized spacial score (nSPS) is 14.7. The Morgan fingerprint density at radius 3 is 2.50 bits per heavy atom. The highest BCUT2D eigenvalue weighted by Gasteiger charge is 2.20. The van der Waals surface area contributed by atoms with E-state index in [1.807, 2.05) is 10.7 Å². The Labute approximate surface area is 165 Å². The molecule has 2 aromatic rings. The number of nitrogens with two attached hydrogens (primary N) is 1. The molecule has 0 spiro atoms. The minimum atomic E-state index is 0. The Morgan fingerprint density at radius 1 is 1.15 bits per heavy atom. The lowest BCUT2D eigenvalue weighted by Crippen LogP contribution is -2.12. The number of nitrogen functional groups attached to an aromatic ring is 1. The smallest absolute Gasteiger partial charge is 0.240 e. The highest BCUT2D eigenvalue weighted by atomic mass is 35.5. The van der Waals surface area contributed by atoms with Crippen molar-refractivity contribution in [3.8, 4) is 22.9 Å². The summed E-state index contributed by atoms with van der Waals surface area (Å²) < 4.78 is 12.7. The number of hydrogen-bond acceptors (Lipinski definition) is 5. The molecule has 1 aliphatic rings. The van der Waals surface area contributed by atoms with E-state index in [9.17, 15) is 0 Å². The summed E-state index contributed by atoms with van der Waals surface area (Å²) in [5.41, 5.74) is 6.65. The first-order chi connectivity index (χ1) is 12.1. The van der Waals surface area contributed by atoms with Crippen molar-refractivity contribution < 1.29 is 9.47 Å². The maximum atomic E-state index is 6.20. The molecule has 8 heteroatoms.